The van der Waals surface area contributed by atoms with Gasteiger partial charge in [0.05, 0.1) is 0 Å². The number of rotatable bonds is 7. The molecule has 0 aromatic rings. The molecule has 4 nitrogen and oxygen atoms in total. The summed E-state index contributed by atoms with van der Waals surface area (Å²) >= 11 is 0. The van der Waals surface area contributed by atoms with Gasteiger partial charge in [0, 0.05) is 19.5 Å². The lowest BCUT2D eigenvalue weighted by molar-refractivity contribution is -0.137. The summed E-state index contributed by atoms with van der Waals surface area (Å²) in [5, 5.41) is 11.7. The molecule has 0 aliphatic carbocycles. The number of nitrogens with one attached hydrogen (secondary N) is 1. The number of carboxylic acids is 1. The van der Waals surface area contributed by atoms with Crippen molar-refractivity contribution < 1.29 is 9.90 Å². The number of carbonyl (C=O) groups is 1. The SMILES string of the molecule is O=C(O)CCCNCCN1CCCCC1. The van der Waals surface area contributed by atoms with Crippen molar-refractivity contribution in [1.29, 1.82) is 0 Å². The largest absolute Gasteiger partial charge is 0.481 e. The van der Waals surface area contributed by atoms with Gasteiger partial charge in [-0.05, 0) is 38.9 Å². The molecule has 0 saturated carbocycles. The van der Waals surface area contributed by atoms with E-state index in [2.05, 4.69) is 10.2 Å². The van der Waals surface area contributed by atoms with Gasteiger partial charge in [-0.3, -0.25) is 4.79 Å². The van der Waals surface area contributed by atoms with Crippen molar-refractivity contribution in [2.75, 3.05) is 32.7 Å². The molecule has 2 N–H and O–H groups in total. The Labute approximate surface area is 91.6 Å². The van der Waals surface area contributed by atoms with Crippen LogP contribution >= 0.6 is 0 Å². The van der Waals surface area contributed by atoms with Gasteiger partial charge in [-0.15, -0.1) is 0 Å². The summed E-state index contributed by atoms with van der Waals surface area (Å²) in [4.78, 5) is 12.7. The van der Waals surface area contributed by atoms with Crippen LogP contribution in [0.2, 0.25) is 0 Å². The van der Waals surface area contributed by atoms with E-state index < -0.39 is 5.97 Å². The minimum Gasteiger partial charge on any atom is -0.481 e. The number of piperidine rings is 1. The zero-order valence-corrected chi connectivity index (χ0v) is 9.37. The van der Waals surface area contributed by atoms with Gasteiger partial charge >= 0.3 is 5.97 Å². The quantitative estimate of drug-likeness (QED) is 0.619. The van der Waals surface area contributed by atoms with Crippen molar-refractivity contribution in [2.45, 2.75) is 32.1 Å². The first-order chi connectivity index (χ1) is 7.29. The molecule has 1 saturated heterocycles. The predicted molar refractivity (Wildman–Crippen MR) is 60.0 cm³/mol. The van der Waals surface area contributed by atoms with E-state index in [4.69, 9.17) is 5.11 Å². The standard InChI is InChI=1S/C11H22N2O2/c14-11(15)5-4-6-12-7-10-13-8-2-1-3-9-13/h12H,1-10H2,(H,14,15). The Morgan fingerprint density at radius 3 is 2.60 bits per heavy atom. The van der Waals surface area contributed by atoms with E-state index in [0.717, 1.165) is 26.1 Å². The molecule has 0 radical (unpaired) electrons. The number of hydrogen-bond acceptors (Lipinski definition) is 3. The van der Waals surface area contributed by atoms with Crippen molar-refractivity contribution >= 4 is 5.97 Å². The highest BCUT2D eigenvalue weighted by molar-refractivity contribution is 5.66. The molecule has 0 atom stereocenters. The maximum atomic E-state index is 10.2. The van der Waals surface area contributed by atoms with E-state index >= 15 is 0 Å². The normalized spacial score (nSPS) is 17.9. The zero-order chi connectivity index (χ0) is 10.9. The lowest BCUT2D eigenvalue weighted by Crippen LogP contribution is -2.36. The third-order valence-electron chi connectivity index (χ3n) is 2.80. The van der Waals surface area contributed by atoms with Crippen LogP contribution in [-0.4, -0.2) is 48.7 Å². The maximum Gasteiger partial charge on any atom is 0.303 e. The van der Waals surface area contributed by atoms with Gasteiger partial charge in [0.25, 0.3) is 0 Å². The molecule has 4 heteroatoms. The molecule has 0 unspecified atom stereocenters. The van der Waals surface area contributed by atoms with Gasteiger partial charge < -0.3 is 15.3 Å². The Kier molecular flexibility index (Phi) is 6.36. The molecule has 88 valence electrons. The van der Waals surface area contributed by atoms with Gasteiger partial charge in [0.1, 0.15) is 0 Å². The fourth-order valence-corrected chi connectivity index (χ4v) is 1.91. The average molecular weight is 214 g/mol. The number of carboxylic acid groups (broad SMARTS) is 1. The Morgan fingerprint density at radius 2 is 1.93 bits per heavy atom. The molecule has 1 fully saturated rings. The first-order valence-corrected chi connectivity index (χ1v) is 5.94. The number of aliphatic carboxylic acids is 1. The molecule has 0 spiro atoms. The van der Waals surface area contributed by atoms with Crippen LogP contribution < -0.4 is 5.32 Å². The summed E-state index contributed by atoms with van der Waals surface area (Å²) in [6.45, 7) is 5.38. The molecule has 0 bridgehead atoms. The zero-order valence-electron chi connectivity index (χ0n) is 9.37. The third kappa shape index (κ3) is 6.47. The van der Waals surface area contributed by atoms with Crippen molar-refractivity contribution in [3.63, 3.8) is 0 Å². The number of likely N-dealkylation sites (tertiary alicyclic amines) is 1. The lowest BCUT2D eigenvalue weighted by Gasteiger charge is -2.26. The topological polar surface area (TPSA) is 52.6 Å². The fraction of sp³-hybridized carbons (Fsp3) is 0.909. The van der Waals surface area contributed by atoms with Gasteiger partial charge in [-0.2, -0.15) is 0 Å². The third-order valence-corrected chi connectivity index (χ3v) is 2.80. The van der Waals surface area contributed by atoms with Gasteiger partial charge in [-0.25, -0.2) is 0 Å². The molecule has 1 rings (SSSR count). The van der Waals surface area contributed by atoms with Gasteiger partial charge in [-0.1, -0.05) is 6.42 Å². The van der Waals surface area contributed by atoms with Gasteiger partial charge in [0.2, 0.25) is 0 Å². The van der Waals surface area contributed by atoms with Gasteiger partial charge in [0.15, 0.2) is 0 Å². The molecule has 1 aliphatic rings. The highest BCUT2D eigenvalue weighted by Gasteiger charge is 2.08. The van der Waals surface area contributed by atoms with Crippen LogP contribution in [-0.2, 0) is 4.79 Å². The Hall–Kier alpha value is -0.610. The molecular weight excluding hydrogens is 192 g/mol. The van der Waals surface area contributed by atoms with Crippen LogP contribution in [0.5, 0.6) is 0 Å². The van der Waals surface area contributed by atoms with E-state index in [1.54, 1.807) is 0 Å². The summed E-state index contributed by atoms with van der Waals surface area (Å²) < 4.78 is 0. The van der Waals surface area contributed by atoms with Crippen molar-refractivity contribution in [3.05, 3.63) is 0 Å². The molecule has 1 aliphatic heterocycles. The maximum absolute atomic E-state index is 10.2. The molecule has 0 aromatic heterocycles. The van der Waals surface area contributed by atoms with E-state index in [1.165, 1.54) is 32.4 Å². The second kappa shape index (κ2) is 7.65. The van der Waals surface area contributed by atoms with Crippen molar-refractivity contribution in [1.82, 2.24) is 10.2 Å². The summed E-state index contributed by atoms with van der Waals surface area (Å²) in [6.07, 6.45) is 5.05. The lowest BCUT2D eigenvalue weighted by atomic mass is 10.1. The second-order valence-electron chi connectivity index (χ2n) is 4.15. The Balaban J connectivity index is 1.85. The number of hydrogen-bond donors (Lipinski definition) is 2. The molecular formula is C11H22N2O2. The van der Waals surface area contributed by atoms with Crippen molar-refractivity contribution in [2.24, 2.45) is 0 Å². The molecule has 15 heavy (non-hydrogen) atoms. The van der Waals surface area contributed by atoms with Crippen LogP contribution in [0.3, 0.4) is 0 Å². The van der Waals surface area contributed by atoms with Crippen LogP contribution in [0.4, 0.5) is 0 Å². The predicted octanol–water partition coefficient (Wildman–Crippen LogP) is 0.927. The smallest absolute Gasteiger partial charge is 0.303 e. The highest BCUT2D eigenvalue weighted by Crippen LogP contribution is 2.07. The van der Waals surface area contributed by atoms with Crippen molar-refractivity contribution in [3.8, 4) is 0 Å². The monoisotopic (exact) mass is 214 g/mol. The second-order valence-corrected chi connectivity index (χ2v) is 4.15. The molecule has 1 heterocycles. The molecule has 0 aromatic carbocycles. The summed E-state index contributed by atoms with van der Waals surface area (Å²) in [5.41, 5.74) is 0. The number of nitrogens with zero attached hydrogens (tertiary/aromatic N) is 1. The Bertz CT molecular complexity index is 179. The van der Waals surface area contributed by atoms with E-state index in [9.17, 15) is 4.79 Å². The fourth-order valence-electron chi connectivity index (χ4n) is 1.91. The average Bonchev–Trinajstić information content (AvgIpc) is 2.24. The van der Waals surface area contributed by atoms with E-state index in [-0.39, 0.29) is 6.42 Å². The summed E-state index contributed by atoms with van der Waals surface area (Å²) in [7, 11) is 0. The van der Waals surface area contributed by atoms with E-state index in [1.807, 2.05) is 0 Å². The first-order valence-electron chi connectivity index (χ1n) is 5.94. The van der Waals surface area contributed by atoms with E-state index in [0.29, 0.717) is 0 Å². The minimum atomic E-state index is -0.701. The van der Waals surface area contributed by atoms with Crippen LogP contribution in [0.25, 0.3) is 0 Å². The summed E-state index contributed by atoms with van der Waals surface area (Å²) in [5.74, 6) is -0.701. The van der Waals surface area contributed by atoms with Crippen LogP contribution in [0.1, 0.15) is 32.1 Å². The summed E-state index contributed by atoms with van der Waals surface area (Å²) in [6, 6.07) is 0. The minimum absolute atomic E-state index is 0.275. The molecule has 0 amide bonds. The Morgan fingerprint density at radius 1 is 1.20 bits per heavy atom. The van der Waals surface area contributed by atoms with Crippen LogP contribution in [0.15, 0.2) is 0 Å². The highest BCUT2D eigenvalue weighted by atomic mass is 16.4. The first kappa shape index (κ1) is 12.5. The van der Waals surface area contributed by atoms with Crippen LogP contribution in [0, 0.1) is 0 Å².